The summed E-state index contributed by atoms with van der Waals surface area (Å²) < 4.78 is 5.26. The minimum absolute atomic E-state index is 0.0567. The van der Waals surface area contributed by atoms with Crippen LogP contribution in [0.15, 0.2) is 24.4 Å². The molecule has 1 aliphatic heterocycles. The summed E-state index contributed by atoms with van der Waals surface area (Å²) in [6.45, 7) is 6.55. The Labute approximate surface area is 114 Å². The van der Waals surface area contributed by atoms with E-state index in [2.05, 4.69) is 10.3 Å². The van der Waals surface area contributed by atoms with Gasteiger partial charge in [0.2, 0.25) is 5.91 Å². The van der Waals surface area contributed by atoms with Crippen molar-refractivity contribution >= 4 is 5.91 Å². The second-order valence-electron chi connectivity index (χ2n) is 4.80. The minimum Gasteiger partial charge on any atom is -0.378 e. The Hall–Kier alpha value is -1.46. The van der Waals surface area contributed by atoms with Crippen LogP contribution in [0.4, 0.5) is 0 Å². The maximum atomic E-state index is 12.3. The fraction of sp³-hybridized carbons (Fsp3) is 0.571. The van der Waals surface area contributed by atoms with Gasteiger partial charge in [0, 0.05) is 25.3 Å². The second-order valence-corrected chi connectivity index (χ2v) is 4.80. The third-order valence-electron chi connectivity index (χ3n) is 3.32. The molecule has 1 aromatic heterocycles. The summed E-state index contributed by atoms with van der Waals surface area (Å²) in [5.41, 5.74) is 0.948. The Kier molecular flexibility index (Phi) is 4.87. The van der Waals surface area contributed by atoms with E-state index in [9.17, 15) is 4.79 Å². The van der Waals surface area contributed by atoms with Crippen LogP contribution in [-0.2, 0) is 9.53 Å². The fourth-order valence-electron chi connectivity index (χ4n) is 2.22. The molecule has 2 atom stereocenters. The molecule has 0 aliphatic carbocycles. The number of carbonyl (C=O) groups is 1. The third kappa shape index (κ3) is 3.75. The predicted molar refractivity (Wildman–Crippen MR) is 72.6 cm³/mol. The van der Waals surface area contributed by atoms with Gasteiger partial charge in [0.1, 0.15) is 0 Å². The molecule has 1 N–H and O–H groups in total. The van der Waals surface area contributed by atoms with Crippen LogP contribution in [0.5, 0.6) is 0 Å². The number of ether oxygens (including phenoxy) is 1. The molecule has 1 fully saturated rings. The highest BCUT2D eigenvalue weighted by Gasteiger charge is 2.23. The summed E-state index contributed by atoms with van der Waals surface area (Å²) in [6, 6.07) is 5.65. The van der Waals surface area contributed by atoms with Crippen LogP contribution in [-0.4, -0.2) is 48.1 Å². The number of aromatic nitrogens is 1. The van der Waals surface area contributed by atoms with E-state index in [-0.39, 0.29) is 18.0 Å². The van der Waals surface area contributed by atoms with Crippen molar-refractivity contribution in [1.82, 2.24) is 15.2 Å². The van der Waals surface area contributed by atoms with E-state index in [4.69, 9.17) is 4.74 Å². The lowest BCUT2D eigenvalue weighted by atomic mass is 10.1. The third-order valence-corrected chi connectivity index (χ3v) is 3.32. The average molecular weight is 263 g/mol. The Bertz CT molecular complexity index is 404. The van der Waals surface area contributed by atoms with Gasteiger partial charge in [0.15, 0.2) is 0 Å². The maximum Gasteiger partial charge on any atom is 0.239 e. The van der Waals surface area contributed by atoms with E-state index in [0.29, 0.717) is 26.3 Å². The molecule has 0 saturated carbocycles. The second kappa shape index (κ2) is 6.63. The lowest BCUT2D eigenvalue weighted by Crippen LogP contribution is -2.49. The lowest BCUT2D eigenvalue weighted by molar-refractivity contribution is -0.137. The van der Waals surface area contributed by atoms with Crippen LogP contribution in [0.2, 0.25) is 0 Å². The Morgan fingerprint density at radius 1 is 1.37 bits per heavy atom. The van der Waals surface area contributed by atoms with Crippen molar-refractivity contribution in [3.05, 3.63) is 30.1 Å². The van der Waals surface area contributed by atoms with Crippen LogP contribution in [0, 0.1) is 0 Å². The fourth-order valence-corrected chi connectivity index (χ4v) is 2.22. The molecule has 0 aromatic carbocycles. The number of pyridine rings is 1. The average Bonchev–Trinajstić information content (AvgIpc) is 2.48. The van der Waals surface area contributed by atoms with Crippen molar-refractivity contribution in [2.75, 3.05) is 26.3 Å². The van der Waals surface area contributed by atoms with Gasteiger partial charge in [-0.1, -0.05) is 6.07 Å². The van der Waals surface area contributed by atoms with Crippen molar-refractivity contribution in [3.8, 4) is 0 Å². The highest BCUT2D eigenvalue weighted by molar-refractivity contribution is 5.81. The summed E-state index contributed by atoms with van der Waals surface area (Å²) >= 11 is 0. The summed E-state index contributed by atoms with van der Waals surface area (Å²) in [5, 5.41) is 3.30. The summed E-state index contributed by atoms with van der Waals surface area (Å²) in [6.07, 6.45) is 1.77. The first-order valence-corrected chi connectivity index (χ1v) is 6.72. The van der Waals surface area contributed by atoms with E-state index >= 15 is 0 Å². The number of rotatable bonds is 4. The zero-order chi connectivity index (χ0) is 13.7. The van der Waals surface area contributed by atoms with E-state index < -0.39 is 0 Å². The van der Waals surface area contributed by atoms with Gasteiger partial charge in [-0.2, -0.15) is 0 Å². The number of carbonyl (C=O) groups excluding carboxylic acids is 1. The molecule has 2 rings (SSSR count). The molecule has 104 valence electrons. The van der Waals surface area contributed by atoms with E-state index in [1.54, 1.807) is 6.20 Å². The van der Waals surface area contributed by atoms with E-state index in [1.165, 1.54) is 0 Å². The quantitative estimate of drug-likeness (QED) is 0.880. The zero-order valence-corrected chi connectivity index (χ0v) is 11.5. The monoisotopic (exact) mass is 263 g/mol. The molecule has 0 radical (unpaired) electrons. The molecule has 0 spiro atoms. The molecule has 1 aromatic rings. The Morgan fingerprint density at radius 2 is 2.11 bits per heavy atom. The topological polar surface area (TPSA) is 54.5 Å². The van der Waals surface area contributed by atoms with Gasteiger partial charge in [0.05, 0.1) is 24.9 Å². The van der Waals surface area contributed by atoms with Gasteiger partial charge in [0.25, 0.3) is 0 Å². The van der Waals surface area contributed by atoms with Crippen LogP contribution in [0.3, 0.4) is 0 Å². The molecular formula is C14H21N3O2. The molecular weight excluding hydrogens is 242 g/mol. The van der Waals surface area contributed by atoms with Gasteiger partial charge >= 0.3 is 0 Å². The highest BCUT2D eigenvalue weighted by atomic mass is 16.5. The first-order chi connectivity index (χ1) is 9.18. The SMILES string of the molecule is CC(N[C@H](C)c1ccccn1)C(=O)N1CCOCC1. The Morgan fingerprint density at radius 3 is 2.74 bits per heavy atom. The first kappa shape index (κ1) is 14.0. The number of hydrogen-bond donors (Lipinski definition) is 1. The van der Waals surface area contributed by atoms with Crippen molar-refractivity contribution in [2.45, 2.75) is 25.9 Å². The smallest absolute Gasteiger partial charge is 0.239 e. The lowest BCUT2D eigenvalue weighted by Gasteiger charge is -2.30. The number of amides is 1. The van der Waals surface area contributed by atoms with Crippen molar-refractivity contribution in [3.63, 3.8) is 0 Å². The first-order valence-electron chi connectivity index (χ1n) is 6.72. The van der Waals surface area contributed by atoms with Crippen LogP contribution in [0.25, 0.3) is 0 Å². The van der Waals surface area contributed by atoms with E-state index in [1.807, 2.05) is 36.9 Å². The predicted octanol–water partition coefficient (Wildman–Crippen LogP) is 0.979. The molecule has 1 amide bonds. The standard InChI is InChI=1S/C14H21N3O2/c1-11(13-5-3-4-6-15-13)16-12(2)14(18)17-7-9-19-10-8-17/h3-6,11-12,16H,7-10H2,1-2H3/t11-,12?/m1/s1. The van der Waals surface area contributed by atoms with Crippen molar-refractivity contribution in [1.29, 1.82) is 0 Å². The van der Waals surface area contributed by atoms with Gasteiger partial charge in [-0.25, -0.2) is 0 Å². The molecule has 2 heterocycles. The number of nitrogens with one attached hydrogen (secondary N) is 1. The van der Waals surface area contributed by atoms with E-state index in [0.717, 1.165) is 5.69 Å². The Balaban J connectivity index is 1.89. The van der Waals surface area contributed by atoms with Crippen molar-refractivity contribution in [2.24, 2.45) is 0 Å². The van der Waals surface area contributed by atoms with Crippen LogP contribution < -0.4 is 5.32 Å². The molecule has 5 heteroatoms. The minimum atomic E-state index is -0.213. The molecule has 1 saturated heterocycles. The largest absolute Gasteiger partial charge is 0.378 e. The van der Waals surface area contributed by atoms with Crippen LogP contribution in [0.1, 0.15) is 25.6 Å². The molecule has 1 unspecified atom stereocenters. The number of morpholine rings is 1. The van der Waals surface area contributed by atoms with Crippen LogP contribution >= 0.6 is 0 Å². The van der Waals surface area contributed by atoms with Gasteiger partial charge in [-0.15, -0.1) is 0 Å². The highest BCUT2D eigenvalue weighted by Crippen LogP contribution is 2.10. The number of nitrogens with zero attached hydrogens (tertiary/aromatic N) is 2. The van der Waals surface area contributed by atoms with Gasteiger partial charge in [-0.05, 0) is 26.0 Å². The maximum absolute atomic E-state index is 12.3. The van der Waals surface area contributed by atoms with Crippen molar-refractivity contribution < 1.29 is 9.53 Å². The molecule has 19 heavy (non-hydrogen) atoms. The van der Waals surface area contributed by atoms with Gasteiger partial charge in [-0.3, -0.25) is 15.1 Å². The number of hydrogen-bond acceptors (Lipinski definition) is 4. The normalized spacial score (nSPS) is 18.9. The summed E-state index contributed by atoms with van der Waals surface area (Å²) in [5.74, 6) is 0.131. The van der Waals surface area contributed by atoms with Gasteiger partial charge < -0.3 is 9.64 Å². The summed E-state index contributed by atoms with van der Waals surface area (Å²) in [4.78, 5) is 18.4. The molecule has 5 nitrogen and oxygen atoms in total. The molecule has 0 bridgehead atoms. The molecule has 1 aliphatic rings. The zero-order valence-electron chi connectivity index (χ0n) is 11.5. The summed E-state index contributed by atoms with van der Waals surface area (Å²) in [7, 11) is 0.